The first-order valence-electron chi connectivity index (χ1n) is 5.29. The lowest BCUT2D eigenvalue weighted by Gasteiger charge is -2.10. The third-order valence-corrected chi connectivity index (χ3v) is 3.12. The second kappa shape index (κ2) is 5.63. The van der Waals surface area contributed by atoms with Gasteiger partial charge in [-0.05, 0) is 12.1 Å². The SMILES string of the molecule is C[C@H]1CN(C(=N)N)N=C1c1ccc(F)c(Cl)c1O.Cl. The Bertz CT molecular complexity index is 550. The van der Waals surface area contributed by atoms with E-state index in [0.717, 1.165) is 0 Å². The van der Waals surface area contributed by atoms with Gasteiger partial charge in [0.15, 0.2) is 0 Å². The third kappa shape index (κ3) is 2.74. The summed E-state index contributed by atoms with van der Waals surface area (Å²) in [7, 11) is 0. The largest absolute Gasteiger partial charge is 0.506 e. The molecular formula is C11H13Cl2FN4O. The van der Waals surface area contributed by atoms with Crippen LogP contribution in [-0.2, 0) is 0 Å². The predicted molar refractivity (Wildman–Crippen MR) is 74.6 cm³/mol. The molecule has 1 heterocycles. The van der Waals surface area contributed by atoms with Crippen molar-refractivity contribution in [2.24, 2.45) is 16.8 Å². The molecule has 0 bridgehead atoms. The average molecular weight is 307 g/mol. The second-order valence-electron chi connectivity index (χ2n) is 4.11. The molecule has 0 saturated heterocycles. The molecular weight excluding hydrogens is 294 g/mol. The van der Waals surface area contributed by atoms with Crippen molar-refractivity contribution >= 4 is 35.7 Å². The summed E-state index contributed by atoms with van der Waals surface area (Å²) in [6.45, 7) is 2.32. The quantitative estimate of drug-likeness (QED) is 0.549. The number of guanidine groups is 1. The van der Waals surface area contributed by atoms with Gasteiger partial charge < -0.3 is 10.8 Å². The molecule has 1 atom stereocenters. The molecule has 2 rings (SSSR count). The minimum Gasteiger partial charge on any atom is -0.506 e. The zero-order valence-corrected chi connectivity index (χ0v) is 11.6. The van der Waals surface area contributed by atoms with Crippen LogP contribution >= 0.6 is 24.0 Å². The highest BCUT2D eigenvalue weighted by molar-refractivity contribution is 6.33. The smallest absolute Gasteiger partial charge is 0.209 e. The van der Waals surface area contributed by atoms with Crippen LogP contribution in [0.3, 0.4) is 0 Å². The van der Waals surface area contributed by atoms with E-state index in [9.17, 15) is 9.50 Å². The first kappa shape index (κ1) is 15.5. The van der Waals surface area contributed by atoms with Crippen molar-refractivity contribution in [3.05, 3.63) is 28.5 Å². The molecule has 0 fully saturated rings. The number of halogens is 3. The molecule has 8 heteroatoms. The Morgan fingerprint density at radius 2 is 2.26 bits per heavy atom. The number of phenols is 1. The molecule has 19 heavy (non-hydrogen) atoms. The van der Waals surface area contributed by atoms with Crippen molar-refractivity contribution < 1.29 is 9.50 Å². The minimum atomic E-state index is -0.687. The number of hydrogen-bond donors (Lipinski definition) is 3. The Hall–Kier alpha value is -1.53. The molecule has 4 N–H and O–H groups in total. The van der Waals surface area contributed by atoms with E-state index in [1.807, 2.05) is 6.92 Å². The normalized spacial score (nSPS) is 17.9. The predicted octanol–water partition coefficient (Wildman–Crippen LogP) is 2.16. The number of nitrogens with zero attached hydrogens (tertiary/aromatic N) is 2. The van der Waals surface area contributed by atoms with Crippen LogP contribution in [0.5, 0.6) is 5.75 Å². The Labute approximate surface area is 120 Å². The zero-order chi connectivity index (χ0) is 13.4. The lowest BCUT2D eigenvalue weighted by Crippen LogP contribution is -2.31. The lowest BCUT2D eigenvalue weighted by atomic mass is 9.98. The average Bonchev–Trinajstić information content (AvgIpc) is 2.69. The highest BCUT2D eigenvalue weighted by atomic mass is 35.5. The Balaban J connectivity index is 0.00000180. The summed E-state index contributed by atoms with van der Waals surface area (Å²) in [5.41, 5.74) is 6.24. The molecule has 1 aromatic rings. The summed E-state index contributed by atoms with van der Waals surface area (Å²) in [4.78, 5) is 0. The Morgan fingerprint density at radius 1 is 1.63 bits per heavy atom. The van der Waals surface area contributed by atoms with Crippen LogP contribution in [0.1, 0.15) is 12.5 Å². The van der Waals surface area contributed by atoms with Gasteiger partial charge in [-0.25, -0.2) is 9.40 Å². The van der Waals surface area contributed by atoms with E-state index in [-0.39, 0.29) is 35.1 Å². The summed E-state index contributed by atoms with van der Waals surface area (Å²) in [5.74, 6) is -1.24. The molecule has 0 amide bonds. The number of hydrazone groups is 1. The molecule has 1 aliphatic heterocycles. The van der Waals surface area contributed by atoms with Gasteiger partial charge in [-0.3, -0.25) is 5.41 Å². The van der Waals surface area contributed by atoms with Gasteiger partial charge in [0.25, 0.3) is 0 Å². The summed E-state index contributed by atoms with van der Waals surface area (Å²) >= 11 is 5.65. The molecule has 0 aromatic heterocycles. The topological polar surface area (TPSA) is 85.7 Å². The first-order valence-corrected chi connectivity index (χ1v) is 5.67. The monoisotopic (exact) mass is 306 g/mol. The van der Waals surface area contributed by atoms with Crippen LogP contribution in [-0.4, -0.2) is 28.3 Å². The van der Waals surface area contributed by atoms with Crippen LogP contribution in [0, 0.1) is 17.1 Å². The van der Waals surface area contributed by atoms with Crippen LogP contribution in [0.2, 0.25) is 5.02 Å². The summed E-state index contributed by atoms with van der Waals surface area (Å²) in [5, 5.41) is 22.3. The molecule has 1 aromatic carbocycles. The van der Waals surface area contributed by atoms with Gasteiger partial charge in [0.1, 0.15) is 16.6 Å². The van der Waals surface area contributed by atoms with Gasteiger partial charge in [-0.15, -0.1) is 12.4 Å². The van der Waals surface area contributed by atoms with E-state index in [2.05, 4.69) is 5.10 Å². The maximum Gasteiger partial charge on any atom is 0.209 e. The summed E-state index contributed by atoms with van der Waals surface area (Å²) in [6.07, 6.45) is 0. The molecule has 0 spiro atoms. The van der Waals surface area contributed by atoms with Crippen LogP contribution in [0.4, 0.5) is 4.39 Å². The second-order valence-corrected chi connectivity index (χ2v) is 4.49. The number of phenolic OH excluding ortho intramolecular Hbond substituents is 1. The number of nitrogens with one attached hydrogen (secondary N) is 1. The van der Waals surface area contributed by atoms with Gasteiger partial charge in [-0.1, -0.05) is 18.5 Å². The van der Waals surface area contributed by atoms with Gasteiger partial charge in [0.05, 0.1) is 12.3 Å². The molecule has 0 aliphatic carbocycles. The summed E-state index contributed by atoms with van der Waals surface area (Å²) in [6, 6.07) is 2.58. The van der Waals surface area contributed by atoms with E-state index >= 15 is 0 Å². The highest BCUT2D eigenvalue weighted by Crippen LogP contribution is 2.33. The van der Waals surface area contributed by atoms with E-state index in [1.165, 1.54) is 17.1 Å². The molecule has 0 radical (unpaired) electrons. The highest BCUT2D eigenvalue weighted by Gasteiger charge is 2.28. The fourth-order valence-electron chi connectivity index (χ4n) is 1.83. The van der Waals surface area contributed by atoms with Crippen molar-refractivity contribution in [1.82, 2.24) is 5.01 Å². The first-order chi connectivity index (χ1) is 8.41. The standard InChI is InChI=1S/C11H12ClFN4O.ClH/c1-5-4-17(11(14)15)16-9(5)6-2-3-7(13)8(12)10(6)18;/h2-3,5,18H,4H2,1H3,(H3,14,15);1H/t5-;/m0./s1. The maximum atomic E-state index is 13.2. The minimum absolute atomic E-state index is 0. The fraction of sp³-hybridized carbons (Fsp3) is 0.273. The van der Waals surface area contributed by atoms with E-state index in [4.69, 9.17) is 22.7 Å². The third-order valence-electron chi connectivity index (χ3n) is 2.77. The van der Waals surface area contributed by atoms with Crippen molar-refractivity contribution in [1.29, 1.82) is 5.41 Å². The van der Waals surface area contributed by atoms with Crippen molar-refractivity contribution in [3.8, 4) is 5.75 Å². The fourth-order valence-corrected chi connectivity index (χ4v) is 2.00. The molecule has 5 nitrogen and oxygen atoms in total. The summed E-state index contributed by atoms with van der Waals surface area (Å²) < 4.78 is 13.2. The van der Waals surface area contributed by atoms with Gasteiger partial charge in [0.2, 0.25) is 5.96 Å². The number of hydrogen-bond acceptors (Lipinski definition) is 3. The van der Waals surface area contributed by atoms with E-state index < -0.39 is 5.82 Å². The molecule has 1 aliphatic rings. The number of rotatable bonds is 1. The zero-order valence-electron chi connectivity index (χ0n) is 10.0. The van der Waals surface area contributed by atoms with Crippen molar-refractivity contribution in [3.63, 3.8) is 0 Å². The van der Waals surface area contributed by atoms with Gasteiger partial charge in [0, 0.05) is 11.5 Å². The maximum absolute atomic E-state index is 13.2. The number of benzene rings is 1. The van der Waals surface area contributed by atoms with Crippen LogP contribution in [0.15, 0.2) is 17.2 Å². The van der Waals surface area contributed by atoms with E-state index in [1.54, 1.807) is 0 Å². The van der Waals surface area contributed by atoms with Gasteiger partial charge in [-0.2, -0.15) is 5.10 Å². The van der Waals surface area contributed by atoms with Crippen molar-refractivity contribution in [2.75, 3.05) is 6.54 Å². The van der Waals surface area contributed by atoms with E-state index in [0.29, 0.717) is 17.8 Å². The molecule has 0 saturated carbocycles. The Morgan fingerprint density at radius 3 is 2.79 bits per heavy atom. The molecule has 104 valence electrons. The lowest BCUT2D eigenvalue weighted by molar-refractivity contribution is 0.448. The number of aromatic hydroxyl groups is 1. The van der Waals surface area contributed by atoms with Crippen molar-refractivity contribution in [2.45, 2.75) is 6.92 Å². The number of nitrogens with two attached hydrogens (primary N) is 1. The molecule has 0 unspecified atom stereocenters. The Kier molecular flexibility index (Phi) is 4.60. The van der Waals surface area contributed by atoms with Crippen LogP contribution < -0.4 is 5.73 Å². The van der Waals surface area contributed by atoms with Crippen LogP contribution in [0.25, 0.3) is 0 Å². The van der Waals surface area contributed by atoms with Gasteiger partial charge >= 0.3 is 0 Å².